The van der Waals surface area contributed by atoms with Crippen LogP contribution < -0.4 is 15.8 Å². The molecule has 0 spiro atoms. The molecule has 1 aliphatic rings. The fraction of sp³-hybridized carbons (Fsp3) is 0.190. The number of pyridine rings is 2. The molecule has 0 radical (unpaired) electrons. The summed E-state index contributed by atoms with van der Waals surface area (Å²) in [6.07, 6.45) is 3.33. The Kier molecular flexibility index (Phi) is 5.93. The molecule has 10 nitrogen and oxygen atoms in total. The molecule has 0 unspecified atom stereocenters. The smallest absolute Gasteiger partial charge is 0.290 e. The van der Waals surface area contributed by atoms with Crippen LogP contribution in [-0.2, 0) is 14.8 Å². The Morgan fingerprint density at radius 2 is 1.81 bits per heavy atom. The molecule has 32 heavy (non-hydrogen) atoms. The lowest BCUT2D eigenvalue weighted by molar-refractivity contribution is -0.122. The van der Waals surface area contributed by atoms with Crippen molar-refractivity contribution in [1.29, 1.82) is 0 Å². The second-order valence-electron chi connectivity index (χ2n) is 7.07. The fourth-order valence-electron chi connectivity index (χ4n) is 3.84. The third kappa shape index (κ3) is 3.83. The third-order valence-electron chi connectivity index (χ3n) is 5.23. The number of anilines is 1. The first-order chi connectivity index (χ1) is 15.5. The molecule has 11 heteroatoms. The fourth-order valence-corrected chi connectivity index (χ4v) is 5.40. The van der Waals surface area contributed by atoms with Crippen molar-refractivity contribution in [3.63, 3.8) is 0 Å². The topological polar surface area (TPSA) is 137 Å². The van der Waals surface area contributed by atoms with Gasteiger partial charge in [-0.2, -0.15) is 0 Å². The van der Waals surface area contributed by atoms with E-state index >= 15 is 0 Å². The number of nitrogens with one attached hydrogen (secondary N) is 2. The van der Waals surface area contributed by atoms with Crippen molar-refractivity contribution >= 4 is 44.1 Å². The van der Waals surface area contributed by atoms with Gasteiger partial charge >= 0.3 is 0 Å². The van der Waals surface area contributed by atoms with E-state index in [0.29, 0.717) is 21.9 Å². The second kappa shape index (κ2) is 8.81. The zero-order valence-corrected chi connectivity index (χ0v) is 17.7. The van der Waals surface area contributed by atoms with Gasteiger partial charge in [-0.25, -0.2) is 12.4 Å². The van der Waals surface area contributed by atoms with Crippen LogP contribution in [0.1, 0.15) is 0 Å². The molecule has 4 heterocycles. The summed E-state index contributed by atoms with van der Waals surface area (Å²) in [5, 5.41) is 10.7. The number of hydrogen-bond donors (Lipinski definition) is 3. The van der Waals surface area contributed by atoms with Gasteiger partial charge in [-0.3, -0.25) is 14.6 Å². The summed E-state index contributed by atoms with van der Waals surface area (Å²) in [7, 11) is -3.91. The first kappa shape index (κ1) is 21.5. The maximum Gasteiger partial charge on any atom is 0.290 e. The lowest BCUT2D eigenvalue weighted by atomic mass is 10.2. The molecule has 3 aromatic heterocycles. The quantitative estimate of drug-likeness (QED) is 0.392. The van der Waals surface area contributed by atoms with E-state index in [-0.39, 0.29) is 16.9 Å². The second-order valence-corrected chi connectivity index (χ2v) is 8.85. The number of rotatable bonds is 3. The summed E-state index contributed by atoms with van der Waals surface area (Å²) in [5.41, 5.74) is 2.20. The van der Waals surface area contributed by atoms with Crippen molar-refractivity contribution in [1.82, 2.24) is 19.3 Å². The molecule has 3 N–H and O–H groups in total. The van der Waals surface area contributed by atoms with Crippen LogP contribution in [0, 0.1) is 0 Å². The molecular formula is C21H21N5O5S. The zero-order chi connectivity index (χ0) is 22.7. The van der Waals surface area contributed by atoms with E-state index in [0.717, 1.165) is 31.9 Å². The highest BCUT2D eigenvalue weighted by Crippen LogP contribution is 2.32. The summed E-state index contributed by atoms with van der Waals surface area (Å²) in [5.74, 6) is 0. The molecule has 1 aromatic carbocycles. The molecular weight excluding hydrogens is 434 g/mol. The van der Waals surface area contributed by atoms with Gasteiger partial charge in [0.1, 0.15) is 5.52 Å². The van der Waals surface area contributed by atoms with Crippen molar-refractivity contribution in [3.05, 3.63) is 65.2 Å². The van der Waals surface area contributed by atoms with Gasteiger partial charge in [-0.1, -0.05) is 6.07 Å². The molecule has 4 aromatic rings. The van der Waals surface area contributed by atoms with E-state index in [1.54, 1.807) is 48.8 Å². The molecule has 0 bridgehead atoms. The number of nitrogens with zero attached hydrogens (tertiary/aromatic N) is 3. The van der Waals surface area contributed by atoms with Crippen molar-refractivity contribution in [2.75, 3.05) is 31.1 Å². The predicted octanol–water partition coefficient (Wildman–Crippen LogP) is 1.23. The van der Waals surface area contributed by atoms with Crippen molar-refractivity contribution in [2.45, 2.75) is 4.90 Å². The highest BCUT2D eigenvalue weighted by atomic mass is 32.2. The number of piperazine rings is 1. The molecule has 1 saturated heterocycles. The minimum Gasteiger partial charge on any atom is -0.483 e. The number of hydrogen-bond acceptors (Lipinski definition) is 7. The van der Waals surface area contributed by atoms with E-state index in [2.05, 4.69) is 20.2 Å². The predicted molar refractivity (Wildman–Crippen MR) is 121 cm³/mol. The third-order valence-corrected chi connectivity index (χ3v) is 6.96. The van der Waals surface area contributed by atoms with Crippen LogP contribution in [0.4, 0.5) is 5.69 Å². The number of fused-ring (bicyclic) bond motifs is 2. The average molecular weight is 455 g/mol. The van der Waals surface area contributed by atoms with Crippen LogP contribution in [0.3, 0.4) is 0 Å². The molecule has 5 rings (SSSR count). The standard InChI is InChI=1S/C20H19N5O3S.CH2O2/c26-19-7-6-14-15(23-19)3-1-5-18(14)29(27,28)25-13-17(24-11-9-21-10-12-24)20-16(25)4-2-8-22-20;2-1-3/h1-8,13,21H,9-12H2,(H,23,26);1H,(H,2,3). The van der Waals surface area contributed by atoms with Gasteiger partial charge in [0.05, 0.1) is 16.1 Å². The summed E-state index contributed by atoms with van der Waals surface area (Å²) in [6, 6.07) is 11.3. The first-order valence-corrected chi connectivity index (χ1v) is 11.3. The normalized spacial score (nSPS) is 14.2. The number of H-pyrrole nitrogens is 1. The Bertz CT molecular complexity index is 1440. The van der Waals surface area contributed by atoms with Gasteiger partial charge < -0.3 is 20.3 Å². The van der Waals surface area contributed by atoms with Crippen LogP contribution in [0.2, 0.25) is 0 Å². The summed E-state index contributed by atoms with van der Waals surface area (Å²) in [4.78, 5) is 29.4. The van der Waals surface area contributed by atoms with E-state index in [9.17, 15) is 13.2 Å². The minimum atomic E-state index is -3.91. The highest BCUT2D eigenvalue weighted by molar-refractivity contribution is 7.90. The lowest BCUT2D eigenvalue weighted by Crippen LogP contribution is -2.43. The van der Waals surface area contributed by atoms with Crippen LogP contribution in [-0.4, -0.2) is 60.1 Å². The molecule has 1 aliphatic heterocycles. The van der Waals surface area contributed by atoms with Crippen LogP contribution in [0.25, 0.3) is 21.9 Å². The number of benzene rings is 1. The molecule has 0 saturated carbocycles. The Morgan fingerprint density at radius 3 is 2.56 bits per heavy atom. The van der Waals surface area contributed by atoms with Gasteiger partial charge in [-0.15, -0.1) is 0 Å². The van der Waals surface area contributed by atoms with E-state index in [1.165, 1.54) is 10.0 Å². The Morgan fingerprint density at radius 1 is 1.06 bits per heavy atom. The van der Waals surface area contributed by atoms with Gasteiger partial charge in [-0.05, 0) is 30.3 Å². The molecule has 0 atom stereocenters. The van der Waals surface area contributed by atoms with E-state index in [4.69, 9.17) is 9.90 Å². The van der Waals surface area contributed by atoms with E-state index < -0.39 is 10.0 Å². The number of aromatic nitrogens is 3. The Labute approximate surface area is 183 Å². The molecule has 0 aliphatic carbocycles. The Hall–Kier alpha value is -3.70. The number of carboxylic acid groups (broad SMARTS) is 1. The monoisotopic (exact) mass is 455 g/mol. The van der Waals surface area contributed by atoms with Crippen LogP contribution in [0.15, 0.2) is 64.5 Å². The van der Waals surface area contributed by atoms with Crippen molar-refractivity contribution < 1.29 is 18.3 Å². The summed E-state index contributed by atoms with van der Waals surface area (Å²) >= 11 is 0. The van der Waals surface area contributed by atoms with Crippen LogP contribution in [0.5, 0.6) is 0 Å². The molecule has 166 valence electrons. The maximum absolute atomic E-state index is 13.7. The highest BCUT2D eigenvalue weighted by Gasteiger charge is 2.26. The van der Waals surface area contributed by atoms with Crippen molar-refractivity contribution in [2.24, 2.45) is 0 Å². The van der Waals surface area contributed by atoms with Gasteiger partial charge in [0.15, 0.2) is 0 Å². The molecule has 0 amide bonds. The van der Waals surface area contributed by atoms with Gasteiger partial charge in [0.25, 0.3) is 16.5 Å². The van der Waals surface area contributed by atoms with Gasteiger partial charge in [0, 0.05) is 55.5 Å². The zero-order valence-electron chi connectivity index (χ0n) is 16.9. The number of carbonyl (C=O) groups is 1. The van der Waals surface area contributed by atoms with Gasteiger partial charge in [0.2, 0.25) is 5.56 Å². The van der Waals surface area contributed by atoms with E-state index in [1.807, 2.05) is 0 Å². The maximum atomic E-state index is 13.7. The Balaban J connectivity index is 0.000000775. The lowest BCUT2D eigenvalue weighted by Gasteiger charge is -2.28. The molecule has 1 fully saturated rings. The summed E-state index contributed by atoms with van der Waals surface area (Å²) in [6.45, 7) is 2.99. The summed E-state index contributed by atoms with van der Waals surface area (Å²) < 4.78 is 28.6. The SMILES string of the molecule is O=CO.O=c1ccc2c(S(=O)(=O)n3cc(N4CCNCC4)c4ncccc43)cccc2[nH]1. The number of aromatic amines is 1. The van der Waals surface area contributed by atoms with Crippen molar-refractivity contribution in [3.8, 4) is 0 Å². The largest absolute Gasteiger partial charge is 0.483 e. The minimum absolute atomic E-state index is 0.138. The average Bonchev–Trinajstić information content (AvgIpc) is 3.20. The van der Waals surface area contributed by atoms with Crippen LogP contribution >= 0.6 is 0 Å². The first-order valence-electron chi connectivity index (χ1n) is 9.84.